The molecule has 0 radical (unpaired) electrons. The zero-order valence-corrected chi connectivity index (χ0v) is 10.5. The molecule has 0 saturated carbocycles. The summed E-state index contributed by atoms with van der Waals surface area (Å²) >= 11 is 0. The Hall–Kier alpha value is -1.49. The maximum atomic E-state index is 11.3. The number of nitrogens with two attached hydrogens (primary N) is 1. The van der Waals surface area contributed by atoms with Gasteiger partial charge < -0.3 is 11.1 Å². The lowest BCUT2D eigenvalue weighted by atomic mass is 10.1. The number of nitrogens with zero attached hydrogens (tertiary/aromatic N) is 1. The number of likely N-dealkylation sites (tertiary alicyclic amines) is 1. The summed E-state index contributed by atoms with van der Waals surface area (Å²) in [6, 6.07) is -1.25. The highest BCUT2D eigenvalue weighted by Gasteiger charge is 2.37. The van der Waals surface area contributed by atoms with Crippen LogP contribution in [0.5, 0.6) is 0 Å². The van der Waals surface area contributed by atoms with Crippen molar-refractivity contribution < 1.29 is 18.0 Å². The van der Waals surface area contributed by atoms with E-state index in [9.17, 15) is 18.0 Å². The number of carbonyl (C=O) groups is 2. The quantitative estimate of drug-likeness (QED) is 0.322. The third-order valence-electron chi connectivity index (χ3n) is 2.11. The van der Waals surface area contributed by atoms with Crippen LogP contribution in [-0.4, -0.2) is 50.6 Å². The van der Waals surface area contributed by atoms with Crippen molar-refractivity contribution in [3.63, 3.8) is 0 Å². The van der Waals surface area contributed by atoms with E-state index in [1.54, 1.807) is 0 Å². The van der Waals surface area contributed by atoms with E-state index < -0.39 is 28.0 Å². The fourth-order valence-electron chi connectivity index (χ4n) is 1.22. The van der Waals surface area contributed by atoms with Gasteiger partial charge in [0.25, 0.3) is 0 Å². The van der Waals surface area contributed by atoms with Crippen LogP contribution in [0.15, 0.2) is 12.3 Å². The number of imide groups is 1. The van der Waals surface area contributed by atoms with Gasteiger partial charge in [0, 0.05) is 6.20 Å². The molecule has 1 atom stereocenters. The summed E-state index contributed by atoms with van der Waals surface area (Å²) in [5.74, 6) is -0.757. The second-order valence-corrected chi connectivity index (χ2v) is 5.31. The fourth-order valence-corrected chi connectivity index (χ4v) is 1.96. The van der Waals surface area contributed by atoms with Gasteiger partial charge >= 0.3 is 6.03 Å². The lowest BCUT2D eigenvalue weighted by molar-refractivity contribution is -0.137. The molecule has 1 unspecified atom stereocenters. The number of hydrazine groups is 1. The van der Waals surface area contributed by atoms with Crippen LogP contribution in [-0.2, 0) is 14.8 Å². The molecule has 0 aromatic heterocycles. The average molecular weight is 277 g/mol. The van der Waals surface area contributed by atoms with E-state index in [4.69, 9.17) is 5.73 Å². The van der Waals surface area contributed by atoms with Crippen LogP contribution < -0.4 is 21.3 Å². The summed E-state index contributed by atoms with van der Waals surface area (Å²) in [6.45, 7) is 0.165. The third-order valence-corrected chi connectivity index (χ3v) is 3.25. The first kappa shape index (κ1) is 14.6. The van der Waals surface area contributed by atoms with Gasteiger partial charge in [-0.3, -0.25) is 9.69 Å². The molecule has 9 nitrogen and oxygen atoms in total. The van der Waals surface area contributed by atoms with Crippen molar-refractivity contribution in [1.82, 2.24) is 20.5 Å². The molecular weight excluding hydrogens is 262 g/mol. The van der Waals surface area contributed by atoms with E-state index in [1.165, 1.54) is 13.1 Å². The molecule has 0 bridgehead atoms. The molecule has 3 amide bonds. The molecular formula is C8H15N5O4S. The Morgan fingerprint density at radius 2 is 2.28 bits per heavy atom. The molecule has 0 spiro atoms. The molecule has 1 aliphatic heterocycles. The van der Waals surface area contributed by atoms with Gasteiger partial charge in [-0.2, -0.15) is 4.83 Å². The van der Waals surface area contributed by atoms with E-state index in [0.29, 0.717) is 0 Å². The molecule has 0 aliphatic carbocycles. The molecule has 1 rings (SSSR count). The second-order valence-electron chi connectivity index (χ2n) is 3.54. The predicted octanol–water partition coefficient (Wildman–Crippen LogP) is -2.57. The summed E-state index contributed by atoms with van der Waals surface area (Å²) in [7, 11) is -2.04. The number of hydrogen-bond acceptors (Lipinski definition) is 6. The zero-order valence-electron chi connectivity index (χ0n) is 9.71. The minimum Gasteiger partial charge on any atom is -0.318 e. The van der Waals surface area contributed by atoms with Gasteiger partial charge in [-0.15, -0.1) is 0 Å². The first-order valence-corrected chi connectivity index (χ1v) is 6.71. The first-order valence-electron chi connectivity index (χ1n) is 5.06. The number of rotatable bonds is 5. The monoisotopic (exact) mass is 277 g/mol. The maximum Gasteiger partial charge on any atom is 0.328 e. The van der Waals surface area contributed by atoms with Gasteiger partial charge in [0.15, 0.2) is 0 Å². The summed E-state index contributed by atoms with van der Waals surface area (Å²) in [5, 5.41) is 2.27. The molecule has 0 aromatic rings. The van der Waals surface area contributed by atoms with Gasteiger partial charge in [-0.1, -0.05) is 6.08 Å². The Bertz CT molecular complexity index is 460. The number of nitrogens with one attached hydrogen (secondary N) is 3. The minimum absolute atomic E-state index is 0.165. The van der Waals surface area contributed by atoms with Crippen molar-refractivity contribution in [3.05, 3.63) is 12.3 Å². The van der Waals surface area contributed by atoms with Crippen LogP contribution in [0.1, 0.15) is 0 Å². The minimum atomic E-state index is -3.46. The highest BCUT2D eigenvalue weighted by molar-refractivity contribution is 7.89. The van der Waals surface area contributed by atoms with Gasteiger partial charge in [-0.05, 0) is 7.05 Å². The normalized spacial score (nSPS) is 20.0. The standard InChI is InChI=1S/C8H15N5O4S/c1-10-12-18(16,17)4-2-3-11-8(15)13-5-6(9)7(13)14/h2-3,6,10,12H,4-5,9H2,1H3,(H,11,15). The number of sulfonamides is 1. The SMILES string of the molecule is CNNS(=O)(=O)CC=CNC(=O)N1CC(N)C1=O. The molecule has 18 heavy (non-hydrogen) atoms. The number of hydrogen-bond donors (Lipinski definition) is 4. The molecule has 10 heteroatoms. The smallest absolute Gasteiger partial charge is 0.318 e. The van der Waals surface area contributed by atoms with E-state index in [2.05, 4.69) is 10.7 Å². The topological polar surface area (TPSA) is 134 Å². The highest BCUT2D eigenvalue weighted by Crippen LogP contribution is 2.07. The van der Waals surface area contributed by atoms with Gasteiger partial charge in [0.05, 0.1) is 12.3 Å². The van der Waals surface area contributed by atoms with Crippen molar-refractivity contribution in [2.45, 2.75) is 6.04 Å². The molecule has 1 heterocycles. The lowest BCUT2D eigenvalue weighted by Crippen LogP contribution is -2.64. The van der Waals surface area contributed by atoms with Crippen LogP contribution in [0.25, 0.3) is 0 Å². The average Bonchev–Trinajstić information content (AvgIpc) is 2.30. The van der Waals surface area contributed by atoms with Crippen LogP contribution in [0.3, 0.4) is 0 Å². The van der Waals surface area contributed by atoms with Crippen molar-refractivity contribution in [2.75, 3.05) is 19.3 Å². The number of carbonyl (C=O) groups excluding carboxylic acids is 2. The van der Waals surface area contributed by atoms with Crippen LogP contribution >= 0.6 is 0 Å². The van der Waals surface area contributed by atoms with Crippen molar-refractivity contribution in [2.24, 2.45) is 5.73 Å². The Labute approximate surface area is 104 Å². The van der Waals surface area contributed by atoms with Gasteiger partial charge in [0.2, 0.25) is 15.9 Å². The van der Waals surface area contributed by atoms with Crippen LogP contribution in [0.4, 0.5) is 4.79 Å². The van der Waals surface area contributed by atoms with Crippen molar-refractivity contribution >= 4 is 22.0 Å². The molecule has 0 aromatic carbocycles. The van der Waals surface area contributed by atoms with E-state index >= 15 is 0 Å². The Morgan fingerprint density at radius 3 is 2.78 bits per heavy atom. The molecule has 1 fully saturated rings. The third kappa shape index (κ3) is 3.77. The number of β-lactam (4-membered cyclic amide) rings is 1. The van der Waals surface area contributed by atoms with Gasteiger partial charge in [0.1, 0.15) is 6.04 Å². The molecule has 5 N–H and O–H groups in total. The van der Waals surface area contributed by atoms with E-state index in [-0.39, 0.29) is 12.3 Å². The highest BCUT2D eigenvalue weighted by atomic mass is 32.2. The Morgan fingerprint density at radius 1 is 1.61 bits per heavy atom. The predicted molar refractivity (Wildman–Crippen MR) is 63.3 cm³/mol. The first-order chi connectivity index (χ1) is 8.37. The maximum absolute atomic E-state index is 11.3. The molecule has 1 aliphatic rings. The Kier molecular flexibility index (Phi) is 4.78. The summed E-state index contributed by atoms with van der Waals surface area (Å²) in [6.07, 6.45) is 2.40. The Balaban J connectivity index is 2.33. The van der Waals surface area contributed by atoms with Gasteiger partial charge in [-0.25, -0.2) is 18.6 Å². The largest absolute Gasteiger partial charge is 0.328 e. The summed E-state index contributed by atoms with van der Waals surface area (Å²) < 4.78 is 22.3. The fraction of sp³-hybridized carbons (Fsp3) is 0.500. The molecule has 102 valence electrons. The second kappa shape index (κ2) is 5.91. The zero-order chi connectivity index (χ0) is 13.8. The van der Waals surface area contributed by atoms with E-state index in [1.807, 2.05) is 4.83 Å². The van der Waals surface area contributed by atoms with Crippen LogP contribution in [0.2, 0.25) is 0 Å². The number of urea groups is 1. The molecule has 1 saturated heterocycles. The number of amides is 3. The summed E-state index contributed by atoms with van der Waals surface area (Å²) in [4.78, 5) is 25.4. The summed E-state index contributed by atoms with van der Waals surface area (Å²) in [5.41, 5.74) is 7.59. The van der Waals surface area contributed by atoms with Crippen molar-refractivity contribution in [3.8, 4) is 0 Å². The van der Waals surface area contributed by atoms with Crippen molar-refractivity contribution in [1.29, 1.82) is 0 Å². The van der Waals surface area contributed by atoms with Crippen LogP contribution in [0, 0.1) is 0 Å². The lowest BCUT2D eigenvalue weighted by Gasteiger charge is -2.33. The van der Waals surface area contributed by atoms with E-state index in [0.717, 1.165) is 11.1 Å².